The number of benzene rings is 1. The molecule has 0 aliphatic carbocycles. The second-order valence-corrected chi connectivity index (χ2v) is 6.56. The Morgan fingerprint density at radius 3 is 2.84 bits per heavy atom. The number of anilines is 1. The van der Waals surface area contributed by atoms with Gasteiger partial charge in [-0.25, -0.2) is 0 Å². The zero-order valence-electron chi connectivity index (χ0n) is 12.2. The number of aryl methyl sites for hydroxylation is 1. The van der Waals surface area contributed by atoms with Gasteiger partial charge in [-0.05, 0) is 56.0 Å². The first-order valence-electron chi connectivity index (χ1n) is 7.36. The van der Waals surface area contributed by atoms with Gasteiger partial charge >= 0.3 is 0 Å². The number of nitrogens with one attached hydrogen (secondary N) is 1. The molecule has 2 rings (SSSR count). The lowest BCUT2D eigenvalue weighted by Crippen LogP contribution is -2.48. The minimum Gasteiger partial charge on any atom is -0.371 e. The predicted octanol–water partition coefficient (Wildman–Crippen LogP) is 3.97. The van der Waals surface area contributed by atoms with Crippen molar-refractivity contribution < 1.29 is 0 Å². The van der Waals surface area contributed by atoms with Crippen molar-refractivity contribution in [3.05, 3.63) is 28.2 Å². The van der Waals surface area contributed by atoms with E-state index in [4.69, 9.17) is 0 Å². The normalized spacial score (nSPS) is 23.7. The van der Waals surface area contributed by atoms with Gasteiger partial charge in [0.25, 0.3) is 0 Å². The average molecular weight is 325 g/mol. The van der Waals surface area contributed by atoms with Crippen molar-refractivity contribution >= 4 is 21.6 Å². The number of rotatable bonds is 4. The van der Waals surface area contributed by atoms with Crippen LogP contribution >= 0.6 is 15.9 Å². The maximum Gasteiger partial charge on any atom is 0.0369 e. The molecule has 1 aromatic carbocycles. The number of hydrogen-bond acceptors (Lipinski definition) is 2. The second kappa shape index (κ2) is 6.76. The van der Waals surface area contributed by atoms with Crippen molar-refractivity contribution in [3.8, 4) is 0 Å². The van der Waals surface area contributed by atoms with E-state index in [2.05, 4.69) is 65.1 Å². The van der Waals surface area contributed by atoms with Gasteiger partial charge in [0, 0.05) is 29.3 Å². The standard InChI is InChI=1S/C16H25BrN2/c1-4-8-18-16-7-9-19(11-13(16)3)14-5-6-15(17)12(2)10-14/h5-6,10,13,16,18H,4,7-9,11H2,1-3H3. The molecule has 1 N–H and O–H groups in total. The van der Waals surface area contributed by atoms with Crippen molar-refractivity contribution in [2.75, 3.05) is 24.5 Å². The van der Waals surface area contributed by atoms with Gasteiger partial charge < -0.3 is 10.2 Å². The van der Waals surface area contributed by atoms with Gasteiger partial charge in [0.05, 0.1) is 0 Å². The Balaban J connectivity index is 1.99. The van der Waals surface area contributed by atoms with Crippen LogP contribution < -0.4 is 10.2 Å². The number of halogens is 1. The van der Waals surface area contributed by atoms with Crippen LogP contribution in [0.4, 0.5) is 5.69 Å². The Morgan fingerprint density at radius 2 is 2.21 bits per heavy atom. The zero-order valence-corrected chi connectivity index (χ0v) is 13.8. The summed E-state index contributed by atoms with van der Waals surface area (Å²) in [5.74, 6) is 0.712. The molecule has 3 heteroatoms. The van der Waals surface area contributed by atoms with Gasteiger partial charge in [0.1, 0.15) is 0 Å². The fourth-order valence-electron chi connectivity index (χ4n) is 2.84. The first-order chi connectivity index (χ1) is 9.11. The van der Waals surface area contributed by atoms with E-state index in [9.17, 15) is 0 Å². The van der Waals surface area contributed by atoms with Crippen LogP contribution in [0, 0.1) is 12.8 Å². The Morgan fingerprint density at radius 1 is 1.42 bits per heavy atom. The highest BCUT2D eigenvalue weighted by Crippen LogP contribution is 2.27. The SMILES string of the molecule is CCCNC1CCN(c2ccc(Br)c(C)c2)CC1C. The van der Waals surface area contributed by atoms with Gasteiger partial charge in [-0.3, -0.25) is 0 Å². The maximum absolute atomic E-state index is 3.68. The third kappa shape index (κ3) is 3.73. The molecule has 106 valence electrons. The fraction of sp³-hybridized carbons (Fsp3) is 0.625. The van der Waals surface area contributed by atoms with E-state index in [-0.39, 0.29) is 0 Å². The van der Waals surface area contributed by atoms with E-state index in [1.807, 2.05) is 0 Å². The van der Waals surface area contributed by atoms with Crippen molar-refractivity contribution in [1.82, 2.24) is 5.32 Å². The summed E-state index contributed by atoms with van der Waals surface area (Å²) in [6.45, 7) is 10.2. The molecule has 1 aliphatic rings. The van der Waals surface area contributed by atoms with E-state index < -0.39 is 0 Å². The second-order valence-electron chi connectivity index (χ2n) is 5.71. The molecule has 0 amide bonds. The summed E-state index contributed by atoms with van der Waals surface area (Å²) in [7, 11) is 0. The van der Waals surface area contributed by atoms with Gasteiger partial charge in [-0.1, -0.05) is 29.8 Å². The summed E-state index contributed by atoms with van der Waals surface area (Å²) in [6, 6.07) is 7.37. The monoisotopic (exact) mass is 324 g/mol. The molecule has 1 aliphatic heterocycles. The topological polar surface area (TPSA) is 15.3 Å². The van der Waals surface area contributed by atoms with Crippen molar-refractivity contribution in [2.45, 2.75) is 39.7 Å². The molecule has 1 saturated heterocycles. The molecule has 2 unspecified atom stereocenters. The minimum absolute atomic E-state index is 0.688. The van der Waals surface area contributed by atoms with Gasteiger partial charge in [-0.2, -0.15) is 0 Å². The summed E-state index contributed by atoms with van der Waals surface area (Å²) in [6.07, 6.45) is 2.47. The van der Waals surface area contributed by atoms with Gasteiger partial charge in [0.2, 0.25) is 0 Å². The number of nitrogens with zero attached hydrogens (tertiary/aromatic N) is 1. The molecule has 0 spiro atoms. The third-order valence-electron chi connectivity index (χ3n) is 4.07. The predicted molar refractivity (Wildman–Crippen MR) is 87.0 cm³/mol. The summed E-state index contributed by atoms with van der Waals surface area (Å²) in [5.41, 5.74) is 2.68. The van der Waals surface area contributed by atoms with Crippen LogP contribution in [-0.4, -0.2) is 25.7 Å². The lowest BCUT2D eigenvalue weighted by Gasteiger charge is -2.39. The fourth-order valence-corrected chi connectivity index (χ4v) is 3.09. The molecule has 0 saturated carbocycles. The van der Waals surface area contributed by atoms with Crippen molar-refractivity contribution in [1.29, 1.82) is 0 Å². The van der Waals surface area contributed by atoms with E-state index >= 15 is 0 Å². The van der Waals surface area contributed by atoms with Crippen LogP contribution in [0.1, 0.15) is 32.3 Å². The molecule has 19 heavy (non-hydrogen) atoms. The molecule has 0 bridgehead atoms. The highest BCUT2D eigenvalue weighted by atomic mass is 79.9. The van der Waals surface area contributed by atoms with E-state index in [0.717, 1.165) is 19.6 Å². The molecule has 2 nitrogen and oxygen atoms in total. The highest BCUT2D eigenvalue weighted by molar-refractivity contribution is 9.10. The van der Waals surface area contributed by atoms with E-state index in [1.165, 1.54) is 28.6 Å². The Labute approximate surface area is 125 Å². The Hall–Kier alpha value is -0.540. The molecule has 1 heterocycles. The lowest BCUT2D eigenvalue weighted by molar-refractivity contribution is 0.322. The summed E-state index contributed by atoms with van der Waals surface area (Å²) in [5, 5.41) is 3.68. The molecular weight excluding hydrogens is 300 g/mol. The van der Waals surface area contributed by atoms with Crippen LogP contribution in [-0.2, 0) is 0 Å². The average Bonchev–Trinajstić information content (AvgIpc) is 2.40. The number of hydrogen-bond donors (Lipinski definition) is 1. The minimum atomic E-state index is 0.688. The maximum atomic E-state index is 3.68. The number of piperidine rings is 1. The van der Waals surface area contributed by atoms with Crippen LogP contribution in [0.2, 0.25) is 0 Å². The molecule has 0 aromatic heterocycles. The zero-order chi connectivity index (χ0) is 13.8. The highest BCUT2D eigenvalue weighted by Gasteiger charge is 2.25. The first kappa shape index (κ1) is 14.9. The van der Waals surface area contributed by atoms with Crippen molar-refractivity contribution in [2.24, 2.45) is 5.92 Å². The summed E-state index contributed by atoms with van der Waals surface area (Å²) >= 11 is 3.57. The quantitative estimate of drug-likeness (QED) is 0.901. The van der Waals surface area contributed by atoms with Crippen molar-refractivity contribution in [3.63, 3.8) is 0 Å². The molecule has 1 aromatic rings. The molecular formula is C16H25BrN2. The van der Waals surface area contributed by atoms with E-state index in [1.54, 1.807) is 0 Å². The Bertz CT molecular complexity index is 419. The summed E-state index contributed by atoms with van der Waals surface area (Å²) in [4.78, 5) is 2.52. The van der Waals surface area contributed by atoms with Crippen LogP contribution in [0.25, 0.3) is 0 Å². The van der Waals surface area contributed by atoms with Gasteiger partial charge in [0.15, 0.2) is 0 Å². The first-order valence-corrected chi connectivity index (χ1v) is 8.15. The van der Waals surface area contributed by atoms with E-state index in [0.29, 0.717) is 12.0 Å². The molecule has 1 fully saturated rings. The summed E-state index contributed by atoms with van der Waals surface area (Å²) < 4.78 is 1.20. The lowest BCUT2D eigenvalue weighted by atomic mass is 9.93. The largest absolute Gasteiger partial charge is 0.371 e. The third-order valence-corrected chi connectivity index (χ3v) is 4.96. The van der Waals surface area contributed by atoms with Crippen LogP contribution in [0.3, 0.4) is 0 Å². The van der Waals surface area contributed by atoms with Gasteiger partial charge in [-0.15, -0.1) is 0 Å². The Kier molecular flexibility index (Phi) is 5.28. The smallest absolute Gasteiger partial charge is 0.0369 e. The molecule has 2 atom stereocenters. The van der Waals surface area contributed by atoms with Crippen LogP contribution in [0.5, 0.6) is 0 Å². The van der Waals surface area contributed by atoms with Crippen LogP contribution in [0.15, 0.2) is 22.7 Å². The molecule has 0 radical (unpaired) electrons.